The predicted molar refractivity (Wildman–Crippen MR) is 120 cm³/mol. The van der Waals surface area contributed by atoms with Gasteiger partial charge in [0.15, 0.2) is 0 Å². The quantitative estimate of drug-likeness (QED) is 0.489. The number of amides is 1. The molecule has 0 spiro atoms. The van der Waals surface area contributed by atoms with Gasteiger partial charge >= 0.3 is 0 Å². The maximum Gasteiger partial charge on any atom is 0.243 e. The van der Waals surface area contributed by atoms with E-state index >= 15 is 0 Å². The molecular weight excluding hydrogens is 436 g/mol. The minimum absolute atomic E-state index is 0.0687. The fraction of sp³-hybridized carbons (Fsp3) is 0.300. The van der Waals surface area contributed by atoms with Gasteiger partial charge in [-0.25, -0.2) is 8.42 Å². The summed E-state index contributed by atoms with van der Waals surface area (Å²) in [5, 5.41) is 14.8. The average molecular weight is 461 g/mol. The summed E-state index contributed by atoms with van der Waals surface area (Å²) in [5.74, 6) is -0.221. The summed E-state index contributed by atoms with van der Waals surface area (Å²) in [5.41, 5.74) is 1.84. The molecule has 0 bridgehead atoms. The molecular formula is C20H24N6O3S2. The van der Waals surface area contributed by atoms with Crippen LogP contribution in [0.15, 0.2) is 58.6 Å². The van der Waals surface area contributed by atoms with E-state index < -0.39 is 10.0 Å². The molecule has 1 heterocycles. The summed E-state index contributed by atoms with van der Waals surface area (Å²) in [6.45, 7) is 6.08. The number of benzene rings is 2. The second kappa shape index (κ2) is 10.0. The highest BCUT2D eigenvalue weighted by atomic mass is 32.2. The fourth-order valence-electron chi connectivity index (χ4n) is 2.99. The highest BCUT2D eigenvalue weighted by Crippen LogP contribution is 2.24. The van der Waals surface area contributed by atoms with Crippen LogP contribution in [-0.4, -0.2) is 57.7 Å². The van der Waals surface area contributed by atoms with Gasteiger partial charge in [-0.15, -0.1) is 5.10 Å². The van der Waals surface area contributed by atoms with Crippen LogP contribution in [0.5, 0.6) is 0 Å². The van der Waals surface area contributed by atoms with E-state index in [9.17, 15) is 13.2 Å². The van der Waals surface area contributed by atoms with Crippen LogP contribution in [-0.2, 0) is 14.8 Å². The Kier molecular flexibility index (Phi) is 7.42. The van der Waals surface area contributed by atoms with Gasteiger partial charge in [-0.1, -0.05) is 49.9 Å². The first-order valence-corrected chi connectivity index (χ1v) is 12.2. The Labute approximate surface area is 185 Å². The first kappa shape index (κ1) is 22.9. The number of carbonyl (C=O) groups is 1. The van der Waals surface area contributed by atoms with Gasteiger partial charge in [-0.3, -0.25) is 4.79 Å². The second-order valence-electron chi connectivity index (χ2n) is 6.62. The summed E-state index contributed by atoms with van der Waals surface area (Å²) < 4.78 is 28.7. The third-order valence-electron chi connectivity index (χ3n) is 4.57. The monoisotopic (exact) mass is 460 g/mol. The van der Waals surface area contributed by atoms with Gasteiger partial charge in [-0.2, -0.15) is 8.99 Å². The topological polar surface area (TPSA) is 110 Å². The summed E-state index contributed by atoms with van der Waals surface area (Å²) in [6.07, 6.45) is 0. The Morgan fingerprint density at radius 2 is 1.84 bits per heavy atom. The fourth-order valence-corrected chi connectivity index (χ4v) is 5.39. The highest BCUT2D eigenvalue weighted by molar-refractivity contribution is 7.99. The molecule has 0 unspecified atom stereocenters. The molecule has 2 aromatic carbocycles. The molecule has 1 N–H and O–H groups in total. The van der Waals surface area contributed by atoms with E-state index in [0.717, 1.165) is 5.69 Å². The van der Waals surface area contributed by atoms with E-state index in [4.69, 9.17) is 0 Å². The Hall–Kier alpha value is -2.76. The Balaban J connectivity index is 1.71. The molecule has 0 atom stereocenters. The van der Waals surface area contributed by atoms with Crippen LogP contribution in [0, 0.1) is 6.92 Å². The molecule has 31 heavy (non-hydrogen) atoms. The molecule has 11 heteroatoms. The van der Waals surface area contributed by atoms with Crippen molar-refractivity contribution in [2.45, 2.75) is 30.8 Å². The highest BCUT2D eigenvalue weighted by Gasteiger charge is 2.24. The SMILES string of the molecule is CCN(CC)S(=O)(=O)c1cc(NC(=O)CSc2nnnn2-c2ccccc2)ccc1C. The van der Waals surface area contributed by atoms with Crippen LogP contribution in [0.1, 0.15) is 19.4 Å². The van der Waals surface area contributed by atoms with Crippen molar-refractivity contribution in [3.8, 4) is 5.69 Å². The molecule has 0 saturated carbocycles. The number of anilines is 1. The maximum absolute atomic E-state index is 12.9. The molecule has 3 rings (SSSR count). The Bertz CT molecular complexity index is 1140. The number of thioether (sulfide) groups is 1. The number of nitrogens with zero attached hydrogens (tertiary/aromatic N) is 5. The lowest BCUT2D eigenvalue weighted by molar-refractivity contribution is -0.113. The van der Waals surface area contributed by atoms with Gasteiger partial charge < -0.3 is 5.32 Å². The number of hydrogen-bond acceptors (Lipinski definition) is 7. The van der Waals surface area contributed by atoms with Crippen molar-refractivity contribution in [1.82, 2.24) is 24.5 Å². The molecule has 0 aliphatic rings. The molecule has 0 saturated heterocycles. The Morgan fingerprint density at radius 3 is 2.52 bits per heavy atom. The summed E-state index contributed by atoms with van der Waals surface area (Å²) in [6, 6.07) is 14.3. The standard InChI is InChI=1S/C20H24N6O3S2/c1-4-25(5-2)31(28,29)18-13-16(12-11-15(18)3)21-19(27)14-30-20-22-23-24-26(20)17-9-7-6-8-10-17/h6-13H,4-5,14H2,1-3H3,(H,21,27). The van der Waals surface area contributed by atoms with Gasteiger partial charge in [0.2, 0.25) is 21.1 Å². The minimum Gasteiger partial charge on any atom is -0.325 e. The minimum atomic E-state index is -3.63. The van der Waals surface area contributed by atoms with E-state index in [1.807, 2.05) is 30.3 Å². The summed E-state index contributed by atoms with van der Waals surface area (Å²) in [7, 11) is -3.63. The average Bonchev–Trinajstić information content (AvgIpc) is 3.23. The van der Waals surface area contributed by atoms with Gasteiger partial charge in [0.1, 0.15) is 0 Å². The largest absolute Gasteiger partial charge is 0.325 e. The lowest BCUT2D eigenvalue weighted by Gasteiger charge is -2.20. The van der Waals surface area contributed by atoms with Crippen LogP contribution >= 0.6 is 11.8 Å². The molecule has 9 nitrogen and oxygen atoms in total. The number of sulfonamides is 1. The molecule has 0 radical (unpaired) electrons. The third kappa shape index (κ3) is 5.30. The van der Waals surface area contributed by atoms with Crippen LogP contribution in [0.25, 0.3) is 5.69 Å². The molecule has 0 fully saturated rings. The van der Waals surface area contributed by atoms with E-state index in [1.165, 1.54) is 22.1 Å². The zero-order chi connectivity index (χ0) is 22.4. The van der Waals surface area contributed by atoms with Crippen molar-refractivity contribution < 1.29 is 13.2 Å². The van der Waals surface area contributed by atoms with E-state index in [-0.39, 0.29) is 16.6 Å². The number of aromatic nitrogens is 4. The maximum atomic E-state index is 12.9. The van der Waals surface area contributed by atoms with Gasteiger partial charge in [-0.05, 0) is 47.2 Å². The predicted octanol–water partition coefficient (Wildman–Crippen LogP) is 2.73. The first-order valence-electron chi connectivity index (χ1n) is 9.74. The number of nitrogens with one attached hydrogen (secondary N) is 1. The normalized spacial score (nSPS) is 11.6. The van der Waals surface area contributed by atoms with Crippen LogP contribution < -0.4 is 5.32 Å². The number of aryl methyl sites for hydroxylation is 1. The molecule has 1 aromatic heterocycles. The van der Waals surface area contributed by atoms with E-state index in [2.05, 4.69) is 20.8 Å². The molecule has 164 valence electrons. The van der Waals surface area contributed by atoms with E-state index in [0.29, 0.717) is 29.5 Å². The van der Waals surface area contributed by atoms with Gasteiger partial charge in [0.05, 0.1) is 16.3 Å². The van der Waals surface area contributed by atoms with Crippen molar-refractivity contribution >= 4 is 33.4 Å². The van der Waals surface area contributed by atoms with Crippen LogP contribution in [0.2, 0.25) is 0 Å². The second-order valence-corrected chi connectivity index (χ2v) is 9.46. The summed E-state index contributed by atoms with van der Waals surface area (Å²) in [4.78, 5) is 12.7. The van der Waals surface area contributed by atoms with E-state index in [1.54, 1.807) is 37.6 Å². The molecule has 1 amide bonds. The van der Waals surface area contributed by atoms with Crippen LogP contribution in [0.3, 0.4) is 0 Å². The van der Waals surface area contributed by atoms with Crippen molar-refractivity contribution in [2.24, 2.45) is 0 Å². The molecule has 0 aliphatic carbocycles. The number of para-hydroxylation sites is 1. The lowest BCUT2D eigenvalue weighted by atomic mass is 10.2. The van der Waals surface area contributed by atoms with Crippen molar-refractivity contribution in [2.75, 3.05) is 24.2 Å². The van der Waals surface area contributed by atoms with Gasteiger partial charge in [0.25, 0.3) is 0 Å². The smallest absolute Gasteiger partial charge is 0.243 e. The lowest BCUT2D eigenvalue weighted by Crippen LogP contribution is -2.31. The molecule has 3 aromatic rings. The van der Waals surface area contributed by atoms with Crippen molar-refractivity contribution in [3.63, 3.8) is 0 Å². The zero-order valence-corrected chi connectivity index (χ0v) is 19.2. The number of carbonyl (C=O) groups excluding carboxylic acids is 1. The number of tetrazole rings is 1. The Morgan fingerprint density at radius 1 is 1.13 bits per heavy atom. The van der Waals surface area contributed by atoms with Crippen LogP contribution in [0.4, 0.5) is 5.69 Å². The van der Waals surface area contributed by atoms with Crippen molar-refractivity contribution in [1.29, 1.82) is 0 Å². The van der Waals surface area contributed by atoms with Crippen molar-refractivity contribution in [3.05, 3.63) is 54.1 Å². The molecule has 0 aliphatic heterocycles. The number of hydrogen-bond donors (Lipinski definition) is 1. The first-order chi connectivity index (χ1) is 14.9. The zero-order valence-electron chi connectivity index (χ0n) is 17.5. The third-order valence-corrected chi connectivity index (χ3v) is 7.68. The number of rotatable bonds is 9. The van der Waals surface area contributed by atoms with Gasteiger partial charge in [0, 0.05) is 18.8 Å². The summed E-state index contributed by atoms with van der Waals surface area (Å²) >= 11 is 1.19.